The van der Waals surface area contributed by atoms with Crippen LogP contribution in [0.1, 0.15) is 41.4 Å². The number of carbonyl (C=O) groups is 1. The molecular weight excluding hydrogens is 389 g/mol. The summed E-state index contributed by atoms with van der Waals surface area (Å²) in [7, 11) is 0. The van der Waals surface area contributed by atoms with Crippen LogP contribution in [0.4, 0.5) is 10.1 Å². The second-order valence-electron chi connectivity index (χ2n) is 7.13. The molecule has 0 spiro atoms. The third-order valence-corrected chi connectivity index (χ3v) is 6.27. The number of pyridine rings is 1. The number of aliphatic imine (C=N–C) groups is 1. The first-order valence-corrected chi connectivity index (χ1v) is 9.93. The van der Waals surface area contributed by atoms with E-state index in [0.717, 1.165) is 17.7 Å². The van der Waals surface area contributed by atoms with E-state index in [1.165, 1.54) is 42.2 Å². The molecule has 2 aromatic rings. The summed E-state index contributed by atoms with van der Waals surface area (Å²) in [4.78, 5) is 22.2. The molecule has 1 aromatic carbocycles. The maximum atomic E-state index is 14.8. The van der Waals surface area contributed by atoms with Crippen molar-refractivity contribution in [2.45, 2.75) is 25.3 Å². The summed E-state index contributed by atoms with van der Waals surface area (Å²) in [5.41, 5.74) is 6.55. The first-order chi connectivity index (χ1) is 13.9. The highest BCUT2D eigenvalue weighted by Gasteiger charge is 2.44. The Hall–Kier alpha value is -3.18. The molecule has 0 saturated carbocycles. The SMILES string of the molecule is C[C@]1(c2cc(NC(=O)c3ccc(C#N)cn3)ccc2F)N=C(N)SC2=CCCC21. The minimum Gasteiger partial charge on any atom is -0.378 e. The average Bonchev–Trinajstić information content (AvgIpc) is 3.18. The molecule has 2 atom stereocenters. The quantitative estimate of drug-likeness (QED) is 0.803. The number of halogens is 1. The molecule has 3 N–H and O–H groups in total. The zero-order chi connectivity index (χ0) is 20.6. The molecule has 0 radical (unpaired) electrons. The third-order valence-electron chi connectivity index (χ3n) is 5.28. The molecule has 1 unspecified atom stereocenters. The lowest BCUT2D eigenvalue weighted by molar-refractivity contribution is 0.102. The first-order valence-electron chi connectivity index (χ1n) is 9.11. The Kier molecular flexibility index (Phi) is 4.84. The Morgan fingerprint density at radius 3 is 2.97 bits per heavy atom. The fourth-order valence-corrected chi connectivity index (χ4v) is 4.99. The summed E-state index contributed by atoms with van der Waals surface area (Å²) in [6, 6.07) is 9.38. The number of amidine groups is 1. The van der Waals surface area contributed by atoms with Crippen molar-refractivity contribution in [2.24, 2.45) is 16.6 Å². The summed E-state index contributed by atoms with van der Waals surface area (Å²) in [6.07, 6.45) is 5.25. The van der Waals surface area contributed by atoms with E-state index < -0.39 is 17.3 Å². The Labute approximate surface area is 171 Å². The predicted molar refractivity (Wildman–Crippen MR) is 111 cm³/mol. The average molecular weight is 407 g/mol. The van der Waals surface area contributed by atoms with E-state index in [2.05, 4.69) is 21.4 Å². The molecule has 6 nitrogen and oxygen atoms in total. The Morgan fingerprint density at radius 2 is 2.24 bits per heavy atom. The van der Waals surface area contributed by atoms with Gasteiger partial charge in [-0.3, -0.25) is 9.79 Å². The van der Waals surface area contributed by atoms with Gasteiger partial charge < -0.3 is 11.1 Å². The number of anilines is 1. The van der Waals surface area contributed by atoms with Gasteiger partial charge in [0, 0.05) is 23.4 Å². The van der Waals surface area contributed by atoms with Gasteiger partial charge >= 0.3 is 0 Å². The summed E-state index contributed by atoms with van der Waals surface area (Å²) in [5, 5.41) is 12.0. The summed E-state index contributed by atoms with van der Waals surface area (Å²) in [6.45, 7) is 1.88. The Balaban J connectivity index is 1.66. The van der Waals surface area contributed by atoms with Crippen LogP contribution in [0.5, 0.6) is 0 Å². The summed E-state index contributed by atoms with van der Waals surface area (Å²) >= 11 is 1.44. The number of aromatic nitrogens is 1. The van der Waals surface area contributed by atoms with E-state index in [4.69, 9.17) is 11.0 Å². The van der Waals surface area contributed by atoms with Gasteiger partial charge in [-0.1, -0.05) is 17.8 Å². The molecule has 29 heavy (non-hydrogen) atoms. The largest absolute Gasteiger partial charge is 0.378 e. The molecule has 2 heterocycles. The van der Waals surface area contributed by atoms with E-state index in [0.29, 0.717) is 22.0 Å². The van der Waals surface area contributed by atoms with Crippen molar-refractivity contribution < 1.29 is 9.18 Å². The monoisotopic (exact) mass is 407 g/mol. The number of benzene rings is 1. The van der Waals surface area contributed by atoms with Gasteiger partial charge in [-0.15, -0.1) is 0 Å². The highest BCUT2D eigenvalue weighted by atomic mass is 32.2. The number of fused-ring (bicyclic) bond motifs is 1. The van der Waals surface area contributed by atoms with E-state index in [1.807, 2.05) is 13.0 Å². The normalized spacial score (nSPS) is 22.9. The van der Waals surface area contributed by atoms with Crippen molar-refractivity contribution in [1.82, 2.24) is 4.98 Å². The molecule has 1 aliphatic carbocycles. The fraction of sp³-hybridized carbons (Fsp3) is 0.238. The van der Waals surface area contributed by atoms with Crippen LogP contribution in [0.25, 0.3) is 0 Å². The minimum absolute atomic E-state index is 0.0560. The van der Waals surface area contributed by atoms with Crippen molar-refractivity contribution in [3.63, 3.8) is 0 Å². The Morgan fingerprint density at radius 1 is 1.41 bits per heavy atom. The van der Waals surface area contributed by atoms with Gasteiger partial charge in [0.2, 0.25) is 0 Å². The van der Waals surface area contributed by atoms with Crippen LogP contribution in [-0.2, 0) is 5.54 Å². The third kappa shape index (κ3) is 3.49. The molecule has 1 aromatic heterocycles. The van der Waals surface area contributed by atoms with Crippen LogP contribution in [-0.4, -0.2) is 16.1 Å². The van der Waals surface area contributed by atoms with Crippen LogP contribution in [0.2, 0.25) is 0 Å². The van der Waals surface area contributed by atoms with Crippen LogP contribution in [0.3, 0.4) is 0 Å². The second kappa shape index (κ2) is 7.33. The molecule has 2 aliphatic rings. The number of thioether (sulfide) groups is 1. The highest BCUT2D eigenvalue weighted by Crippen LogP contribution is 2.51. The van der Waals surface area contributed by atoms with Gasteiger partial charge in [-0.05, 0) is 55.0 Å². The number of rotatable bonds is 3. The first kappa shape index (κ1) is 19.2. The van der Waals surface area contributed by atoms with Gasteiger partial charge in [-0.2, -0.15) is 5.26 Å². The van der Waals surface area contributed by atoms with E-state index in [-0.39, 0.29) is 11.6 Å². The van der Waals surface area contributed by atoms with Crippen LogP contribution in [0.15, 0.2) is 52.5 Å². The lowest BCUT2D eigenvalue weighted by Gasteiger charge is -2.37. The van der Waals surface area contributed by atoms with Crippen LogP contribution < -0.4 is 11.1 Å². The van der Waals surface area contributed by atoms with Gasteiger partial charge in [0.15, 0.2) is 5.17 Å². The van der Waals surface area contributed by atoms with E-state index >= 15 is 0 Å². The van der Waals surface area contributed by atoms with Crippen molar-refractivity contribution in [3.8, 4) is 6.07 Å². The number of nitrogens with zero attached hydrogens (tertiary/aromatic N) is 3. The van der Waals surface area contributed by atoms with E-state index in [1.54, 1.807) is 6.07 Å². The number of nitrogens with two attached hydrogens (primary N) is 1. The van der Waals surface area contributed by atoms with Gasteiger partial charge in [-0.25, -0.2) is 9.37 Å². The summed E-state index contributed by atoms with van der Waals surface area (Å²) in [5.74, 6) is -0.780. The molecule has 4 rings (SSSR count). The Bertz CT molecular complexity index is 1090. The number of hydrogen-bond donors (Lipinski definition) is 2. The predicted octanol–water partition coefficient (Wildman–Crippen LogP) is 3.92. The number of amides is 1. The lowest BCUT2D eigenvalue weighted by Crippen LogP contribution is -2.36. The maximum Gasteiger partial charge on any atom is 0.274 e. The lowest BCUT2D eigenvalue weighted by atomic mass is 9.79. The van der Waals surface area contributed by atoms with Crippen molar-refractivity contribution in [1.29, 1.82) is 5.26 Å². The van der Waals surface area contributed by atoms with Gasteiger partial charge in [0.1, 0.15) is 17.6 Å². The maximum absolute atomic E-state index is 14.8. The zero-order valence-corrected chi connectivity index (χ0v) is 16.5. The molecule has 0 saturated heterocycles. The standard InChI is InChI=1S/C21H18FN5OS/c1-21(14-3-2-4-18(14)29-20(24)27-21)15-9-13(6-7-16(15)22)26-19(28)17-8-5-12(10-23)11-25-17/h4-9,11,14H,2-3H2,1H3,(H2,24,27)(H,26,28)/t14?,21-/m0/s1. The second-order valence-corrected chi connectivity index (χ2v) is 8.22. The summed E-state index contributed by atoms with van der Waals surface area (Å²) < 4.78 is 14.8. The van der Waals surface area contributed by atoms with Crippen molar-refractivity contribution in [3.05, 3.63) is 70.1 Å². The number of allylic oxidation sites excluding steroid dienone is 1. The highest BCUT2D eigenvalue weighted by molar-refractivity contribution is 8.17. The molecular formula is C21H18FN5OS. The van der Waals surface area contributed by atoms with Crippen molar-refractivity contribution >= 4 is 28.5 Å². The van der Waals surface area contributed by atoms with Crippen molar-refractivity contribution in [2.75, 3.05) is 5.32 Å². The number of nitriles is 1. The topological polar surface area (TPSA) is 104 Å². The van der Waals surface area contributed by atoms with Crippen LogP contribution >= 0.6 is 11.8 Å². The molecule has 1 aliphatic heterocycles. The molecule has 8 heteroatoms. The molecule has 0 bridgehead atoms. The molecule has 146 valence electrons. The van der Waals surface area contributed by atoms with Gasteiger partial charge in [0.25, 0.3) is 5.91 Å². The smallest absolute Gasteiger partial charge is 0.274 e. The number of nitrogens with one attached hydrogen (secondary N) is 1. The minimum atomic E-state index is -0.838. The molecule has 1 amide bonds. The number of hydrogen-bond acceptors (Lipinski definition) is 6. The zero-order valence-electron chi connectivity index (χ0n) is 15.6. The number of carbonyl (C=O) groups excluding carboxylic acids is 1. The fourth-order valence-electron chi connectivity index (χ4n) is 3.83. The van der Waals surface area contributed by atoms with Gasteiger partial charge in [0.05, 0.1) is 11.1 Å². The van der Waals surface area contributed by atoms with Crippen LogP contribution in [0, 0.1) is 23.1 Å². The van der Waals surface area contributed by atoms with E-state index in [9.17, 15) is 9.18 Å². The molecule has 0 fully saturated rings.